The molecule has 0 aromatic carbocycles. The average Bonchev–Trinajstić information content (AvgIpc) is 2.41. The van der Waals surface area contributed by atoms with Gasteiger partial charge in [0.1, 0.15) is 0 Å². The molecule has 1 aliphatic heterocycles. The monoisotopic (exact) mass is 172 g/mol. The van der Waals surface area contributed by atoms with Crippen molar-refractivity contribution in [3.05, 3.63) is 21.1 Å². The van der Waals surface area contributed by atoms with Crippen molar-refractivity contribution in [3.63, 3.8) is 0 Å². The molecule has 1 aliphatic rings. The number of thioether (sulfide) groups is 2. The normalized spacial score (nSPS) is 16.3. The highest BCUT2D eigenvalue weighted by Gasteiger charge is 1.99. The van der Waals surface area contributed by atoms with Crippen LogP contribution in [0.5, 0.6) is 0 Å². The first-order valence-electron chi connectivity index (χ1n) is 3.62. The van der Waals surface area contributed by atoms with Gasteiger partial charge in [-0.1, -0.05) is 49.4 Å². The van der Waals surface area contributed by atoms with E-state index in [4.69, 9.17) is 0 Å². The maximum absolute atomic E-state index is 2.33. The van der Waals surface area contributed by atoms with E-state index >= 15 is 0 Å². The van der Waals surface area contributed by atoms with Crippen molar-refractivity contribution in [1.29, 1.82) is 0 Å². The summed E-state index contributed by atoms with van der Waals surface area (Å²) >= 11 is 3.67. The first kappa shape index (κ1) is 8.28. The van der Waals surface area contributed by atoms with Crippen LogP contribution < -0.4 is 0 Å². The van der Waals surface area contributed by atoms with Crippen LogP contribution in [0.4, 0.5) is 0 Å². The quantitative estimate of drug-likeness (QED) is 0.591. The van der Waals surface area contributed by atoms with Gasteiger partial charge in [-0.3, -0.25) is 0 Å². The van der Waals surface area contributed by atoms with Gasteiger partial charge in [0.2, 0.25) is 0 Å². The maximum Gasteiger partial charge on any atom is 0.0447 e. The summed E-state index contributed by atoms with van der Waals surface area (Å²) in [6.07, 6.45) is 6.20. The summed E-state index contributed by atoms with van der Waals surface area (Å²) in [5, 5.41) is 4.28. The SMILES string of the molecule is CCCCC=C1SC=CS1. The molecule has 0 fully saturated rings. The van der Waals surface area contributed by atoms with Crippen LogP contribution >= 0.6 is 23.5 Å². The molecule has 0 aliphatic carbocycles. The van der Waals surface area contributed by atoms with Crippen molar-refractivity contribution in [2.75, 3.05) is 0 Å². The summed E-state index contributed by atoms with van der Waals surface area (Å²) in [4.78, 5) is 0. The average molecular weight is 172 g/mol. The molecule has 0 atom stereocenters. The van der Waals surface area contributed by atoms with Gasteiger partial charge in [0.05, 0.1) is 0 Å². The van der Waals surface area contributed by atoms with Crippen LogP contribution in [0.15, 0.2) is 21.1 Å². The zero-order valence-corrected chi connectivity index (χ0v) is 7.80. The molecule has 2 heteroatoms. The van der Waals surface area contributed by atoms with Gasteiger partial charge in [-0.05, 0) is 17.2 Å². The van der Waals surface area contributed by atoms with Crippen molar-refractivity contribution in [3.8, 4) is 0 Å². The van der Waals surface area contributed by atoms with Gasteiger partial charge in [-0.2, -0.15) is 0 Å². The Morgan fingerprint density at radius 1 is 1.40 bits per heavy atom. The lowest BCUT2D eigenvalue weighted by molar-refractivity contribution is 0.815. The van der Waals surface area contributed by atoms with Gasteiger partial charge in [0.15, 0.2) is 0 Å². The van der Waals surface area contributed by atoms with E-state index in [2.05, 4.69) is 23.8 Å². The van der Waals surface area contributed by atoms with Gasteiger partial charge in [0.25, 0.3) is 0 Å². The lowest BCUT2D eigenvalue weighted by Gasteiger charge is -1.92. The van der Waals surface area contributed by atoms with E-state index in [9.17, 15) is 0 Å². The molecule has 0 aromatic heterocycles. The second-order valence-electron chi connectivity index (χ2n) is 2.17. The minimum Gasteiger partial charge on any atom is -0.0905 e. The fourth-order valence-electron chi connectivity index (χ4n) is 0.738. The number of hydrogen-bond acceptors (Lipinski definition) is 2. The van der Waals surface area contributed by atoms with Crippen molar-refractivity contribution >= 4 is 23.5 Å². The Kier molecular flexibility index (Phi) is 4.07. The third-order valence-corrected chi connectivity index (χ3v) is 3.38. The van der Waals surface area contributed by atoms with Gasteiger partial charge in [-0.25, -0.2) is 0 Å². The lowest BCUT2D eigenvalue weighted by atomic mass is 10.2. The zero-order valence-electron chi connectivity index (χ0n) is 6.17. The van der Waals surface area contributed by atoms with Crippen molar-refractivity contribution in [2.45, 2.75) is 26.2 Å². The molecule has 0 amide bonds. The Morgan fingerprint density at radius 3 is 2.70 bits per heavy atom. The Bertz CT molecular complexity index is 137. The van der Waals surface area contributed by atoms with E-state index in [1.54, 1.807) is 0 Å². The lowest BCUT2D eigenvalue weighted by Crippen LogP contribution is -1.67. The Balaban J connectivity index is 2.14. The predicted octanol–water partition coefficient (Wildman–Crippen LogP) is 3.97. The van der Waals surface area contributed by atoms with E-state index in [-0.39, 0.29) is 0 Å². The van der Waals surface area contributed by atoms with E-state index in [0.29, 0.717) is 0 Å². The molecular weight excluding hydrogens is 160 g/mol. The first-order chi connectivity index (χ1) is 4.93. The predicted molar refractivity (Wildman–Crippen MR) is 51.9 cm³/mol. The molecule has 56 valence electrons. The molecule has 0 radical (unpaired) electrons. The summed E-state index contributed by atoms with van der Waals surface area (Å²) in [6.45, 7) is 2.23. The van der Waals surface area contributed by atoms with Crippen LogP contribution in [-0.2, 0) is 0 Å². The number of allylic oxidation sites excluding steroid dienone is 1. The molecule has 0 saturated heterocycles. The summed E-state index contributed by atoms with van der Waals surface area (Å²) in [6, 6.07) is 0. The zero-order chi connectivity index (χ0) is 7.23. The van der Waals surface area contributed by atoms with Crippen LogP contribution in [0.1, 0.15) is 26.2 Å². The molecule has 0 nitrogen and oxygen atoms in total. The van der Waals surface area contributed by atoms with E-state index in [0.717, 1.165) is 0 Å². The molecular formula is C8H12S2. The topological polar surface area (TPSA) is 0 Å². The Labute approximate surface area is 71.2 Å². The molecule has 1 rings (SSSR count). The smallest absolute Gasteiger partial charge is 0.0447 e. The van der Waals surface area contributed by atoms with E-state index in [1.807, 2.05) is 23.5 Å². The highest BCUT2D eigenvalue weighted by atomic mass is 32.2. The largest absolute Gasteiger partial charge is 0.0905 e. The maximum atomic E-state index is 2.33. The fourth-order valence-corrected chi connectivity index (χ4v) is 2.43. The van der Waals surface area contributed by atoms with Crippen LogP contribution in [0.3, 0.4) is 0 Å². The summed E-state index contributed by atoms with van der Waals surface area (Å²) in [7, 11) is 0. The molecule has 0 bridgehead atoms. The molecule has 0 saturated carbocycles. The second kappa shape index (κ2) is 4.91. The minimum absolute atomic E-state index is 1.24. The van der Waals surface area contributed by atoms with Crippen molar-refractivity contribution < 1.29 is 0 Å². The third kappa shape index (κ3) is 2.84. The summed E-state index contributed by atoms with van der Waals surface area (Å²) < 4.78 is 1.45. The first-order valence-corrected chi connectivity index (χ1v) is 5.38. The van der Waals surface area contributed by atoms with Crippen LogP contribution in [0, 0.1) is 0 Å². The van der Waals surface area contributed by atoms with Gasteiger partial charge >= 0.3 is 0 Å². The fraction of sp³-hybridized carbons (Fsp3) is 0.500. The Hall–Kier alpha value is 0.180. The van der Waals surface area contributed by atoms with Gasteiger partial charge < -0.3 is 0 Å². The molecule has 0 aromatic rings. The Morgan fingerprint density at radius 2 is 2.10 bits per heavy atom. The number of unbranched alkanes of at least 4 members (excludes halogenated alkanes) is 2. The van der Waals surface area contributed by atoms with Crippen molar-refractivity contribution in [2.24, 2.45) is 0 Å². The van der Waals surface area contributed by atoms with E-state index in [1.165, 1.54) is 23.5 Å². The van der Waals surface area contributed by atoms with Gasteiger partial charge in [0, 0.05) is 4.24 Å². The van der Waals surface area contributed by atoms with Crippen LogP contribution in [-0.4, -0.2) is 0 Å². The van der Waals surface area contributed by atoms with Crippen LogP contribution in [0.25, 0.3) is 0 Å². The van der Waals surface area contributed by atoms with Crippen molar-refractivity contribution in [1.82, 2.24) is 0 Å². The molecule has 10 heavy (non-hydrogen) atoms. The molecule has 0 spiro atoms. The third-order valence-electron chi connectivity index (χ3n) is 1.29. The molecule has 1 heterocycles. The minimum atomic E-state index is 1.24. The number of hydrogen-bond donors (Lipinski definition) is 0. The summed E-state index contributed by atoms with van der Waals surface area (Å²) in [5.74, 6) is 0. The second-order valence-corrected chi connectivity index (χ2v) is 4.33. The number of rotatable bonds is 3. The van der Waals surface area contributed by atoms with Crippen LogP contribution in [0.2, 0.25) is 0 Å². The standard InChI is InChI=1S/C8H12S2/c1-2-3-4-5-8-9-6-7-10-8/h5-7H,2-4H2,1H3. The van der Waals surface area contributed by atoms with Gasteiger partial charge in [-0.15, -0.1) is 0 Å². The van der Waals surface area contributed by atoms with E-state index < -0.39 is 0 Å². The highest BCUT2D eigenvalue weighted by Crippen LogP contribution is 2.37. The molecule has 0 N–H and O–H groups in total. The molecule has 0 unspecified atom stereocenters. The summed E-state index contributed by atoms with van der Waals surface area (Å²) in [5.41, 5.74) is 0. The highest BCUT2D eigenvalue weighted by molar-refractivity contribution is 8.27.